The Hall–Kier alpha value is -0.960. The molecule has 0 spiro atoms. The van der Waals surface area contributed by atoms with Crippen molar-refractivity contribution in [1.29, 1.82) is 0 Å². The van der Waals surface area contributed by atoms with Crippen LogP contribution in [0.25, 0.3) is 0 Å². The number of nitrogens with one attached hydrogen (secondary N) is 1. The van der Waals surface area contributed by atoms with Gasteiger partial charge in [0.1, 0.15) is 12.2 Å². The van der Waals surface area contributed by atoms with Gasteiger partial charge in [0, 0.05) is 12.5 Å². The van der Waals surface area contributed by atoms with Crippen molar-refractivity contribution in [2.45, 2.75) is 37.7 Å². The van der Waals surface area contributed by atoms with Gasteiger partial charge in [0.2, 0.25) is 0 Å². The minimum atomic E-state index is -1.74. The van der Waals surface area contributed by atoms with E-state index >= 15 is 0 Å². The first kappa shape index (κ1) is 13.5. The number of aliphatic hydroxyl groups is 2. The zero-order valence-corrected chi connectivity index (χ0v) is 9.99. The van der Waals surface area contributed by atoms with Gasteiger partial charge in [-0.25, -0.2) is 9.18 Å². The first-order chi connectivity index (χ1) is 8.45. The number of nitrogens with zero attached hydrogens (tertiary/aromatic N) is 1. The maximum atomic E-state index is 13.9. The van der Waals surface area contributed by atoms with Gasteiger partial charge in [-0.15, -0.1) is 0 Å². The Morgan fingerprint density at radius 2 is 2.33 bits per heavy atom. The van der Waals surface area contributed by atoms with E-state index in [0.29, 0.717) is 0 Å². The number of hydrogen-bond acceptors (Lipinski definition) is 5. The molecule has 2 fully saturated rings. The van der Waals surface area contributed by atoms with Gasteiger partial charge in [0.25, 0.3) is 0 Å². The number of amides is 2. The Morgan fingerprint density at radius 1 is 1.67 bits per heavy atom. The molecule has 0 aromatic carbocycles. The van der Waals surface area contributed by atoms with E-state index in [0.717, 1.165) is 4.90 Å². The molecule has 0 saturated carbocycles. The highest BCUT2D eigenvalue weighted by Crippen LogP contribution is 2.28. The standard InChI is InChI=1S/C10H18FN3O4/c1-4-2-14(10(17)13-8(4)12)9-6(11)7(16)5(3-15)18-9/h4-9,15-16H,2-3,12H2,1H3,(H,13,17)/t4-,5+,6-,7-,8+,9?/m0/s1/i11-1. The fraction of sp³-hybridized carbons (Fsp3) is 0.900. The molecule has 2 amide bonds. The average molecular weight is 262 g/mol. The van der Waals surface area contributed by atoms with E-state index in [9.17, 15) is 14.3 Å². The summed E-state index contributed by atoms with van der Waals surface area (Å²) in [5.74, 6) is -0.0659. The van der Waals surface area contributed by atoms with Crippen LogP contribution in [0.4, 0.5) is 9.18 Å². The van der Waals surface area contributed by atoms with E-state index in [1.165, 1.54) is 0 Å². The van der Waals surface area contributed by atoms with Crippen molar-refractivity contribution in [3.8, 4) is 0 Å². The summed E-state index contributed by atoms with van der Waals surface area (Å²) in [5, 5.41) is 21.0. The first-order valence-electron chi connectivity index (χ1n) is 5.87. The third-order valence-electron chi connectivity index (χ3n) is 3.43. The zero-order valence-electron chi connectivity index (χ0n) is 9.99. The van der Waals surface area contributed by atoms with E-state index in [-0.39, 0.29) is 12.5 Å². The van der Waals surface area contributed by atoms with Crippen LogP contribution in [0.3, 0.4) is 0 Å². The van der Waals surface area contributed by atoms with Gasteiger partial charge in [-0.3, -0.25) is 4.90 Å². The van der Waals surface area contributed by atoms with E-state index in [4.69, 9.17) is 15.6 Å². The van der Waals surface area contributed by atoms with Crippen molar-refractivity contribution >= 4 is 6.03 Å². The molecule has 5 N–H and O–H groups in total. The monoisotopic (exact) mass is 262 g/mol. The smallest absolute Gasteiger partial charge is 0.320 e. The average Bonchev–Trinajstić information content (AvgIpc) is 2.61. The molecule has 2 aliphatic heterocycles. The molecule has 18 heavy (non-hydrogen) atoms. The number of rotatable bonds is 2. The predicted molar refractivity (Wildman–Crippen MR) is 59.0 cm³/mol. The van der Waals surface area contributed by atoms with Gasteiger partial charge in [-0.1, -0.05) is 6.92 Å². The molecule has 0 aromatic rings. The number of halogens is 1. The molecule has 8 heteroatoms. The van der Waals surface area contributed by atoms with Crippen molar-refractivity contribution in [1.82, 2.24) is 10.2 Å². The number of carbonyl (C=O) groups is 1. The maximum Gasteiger partial charge on any atom is 0.320 e. The van der Waals surface area contributed by atoms with Crippen molar-refractivity contribution in [2.24, 2.45) is 11.7 Å². The topological polar surface area (TPSA) is 108 Å². The highest BCUT2D eigenvalue weighted by atomic mass is 18.2. The highest BCUT2D eigenvalue weighted by Gasteiger charge is 2.49. The second-order valence-electron chi connectivity index (χ2n) is 4.79. The van der Waals surface area contributed by atoms with Crippen LogP contribution in [-0.4, -0.2) is 65.1 Å². The molecule has 0 aromatic heterocycles. The molecule has 0 radical (unpaired) electrons. The summed E-state index contributed by atoms with van der Waals surface area (Å²) in [7, 11) is 0. The summed E-state index contributed by atoms with van der Waals surface area (Å²) in [6.07, 6.45) is -5.85. The molecule has 0 bridgehead atoms. The maximum absolute atomic E-state index is 13.9. The number of aliphatic hydroxyl groups excluding tert-OH is 2. The Morgan fingerprint density at radius 3 is 2.89 bits per heavy atom. The molecule has 7 nitrogen and oxygen atoms in total. The number of ether oxygens (including phenoxy) is 1. The predicted octanol–water partition coefficient (Wildman–Crippen LogP) is -1.65. The minimum absolute atomic E-state index is 0.0659. The zero-order chi connectivity index (χ0) is 13.4. The quantitative estimate of drug-likeness (QED) is 0.477. The van der Waals surface area contributed by atoms with Crippen LogP contribution in [0.15, 0.2) is 0 Å². The van der Waals surface area contributed by atoms with Crippen molar-refractivity contribution < 1.29 is 24.1 Å². The Bertz CT molecular complexity index is 332. The number of carbonyl (C=O) groups excluding carboxylic acids is 1. The van der Waals surface area contributed by atoms with Crippen LogP contribution in [0.1, 0.15) is 6.92 Å². The third kappa shape index (κ3) is 2.16. The molecule has 2 heterocycles. The normalized spacial score (nSPS) is 45.2. The lowest BCUT2D eigenvalue weighted by atomic mass is 10.1. The number of urea groups is 1. The largest absolute Gasteiger partial charge is 0.394 e. The van der Waals surface area contributed by atoms with Gasteiger partial charge in [0.05, 0.1) is 12.8 Å². The number of alkyl halides is 1. The minimum Gasteiger partial charge on any atom is -0.394 e. The van der Waals surface area contributed by atoms with Crippen LogP contribution < -0.4 is 11.1 Å². The molecule has 1 unspecified atom stereocenters. The van der Waals surface area contributed by atoms with Gasteiger partial charge in [0.15, 0.2) is 12.4 Å². The second kappa shape index (κ2) is 4.96. The fourth-order valence-electron chi connectivity index (χ4n) is 2.20. The highest BCUT2D eigenvalue weighted by molar-refractivity contribution is 5.75. The van der Waals surface area contributed by atoms with Crippen molar-refractivity contribution in [3.63, 3.8) is 0 Å². The molecule has 2 aliphatic rings. The molecule has 2 saturated heterocycles. The van der Waals surface area contributed by atoms with Gasteiger partial charge >= 0.3 is 6.03 Å². The van der Waals surface area contributed by atoms with Crippen LogP contribution >= 0.6 is 0 Å². The van der Waals surface area contributed by atoms with Crippen LogP contribution in [-0.2, 0) is 4.74 Å². The van der Waals surface area contributed by atoms with E-state index in [1.54, 1.807) is 0 Å². The lowest BCUT2D eigenvalue weighted by molar-refractivity contribution is -0.0791. The third-order valence-corrected chi connectivity index (χ3v) is 3.43. The van der Waals surface area contributed by atoms with E-state index in [2.05, 4.69) is 5.32 Å². The summed E-state index contributed by atoms with van der Waals surface area (Å²) in [5.41, 5.74) is 5.66. The van der Waals surface area contributed by atoms with E-state index in [1.807, 2.05) is 6.92 Å². The van der Waals surface area contributed by atoms with Gasteiger partial charge in [-0.05, 0) is 0 Å². The number of hydrogen-bond donors (Lipinski definition) is 4. The molecule has 104 valence electrons. The van der Waals surface area contributed by atoms with Crippen molar-refractivity contribution in [2.75, 3.05) is 13.2 Å². The molecular formula is C10H18FN3O4. The SMILES string of the molecule is C[C@H]1CN(C2O[C@H](CO)[C@H](O)[C@@H]2[18F])C(=O)N[C@H]1N. The Balaban J connectivity index is 2.10. The lowest BCUT2D eigenvalue weighted by Gasteiger charge is -2.39. The molecule has 0 aliphatic carbocycles. The van der Waals surface area contributed by atoms with Crippen LogP contribution in [0, 0.1) is 5.92 Å². The van der Waals surface area contributed by atoms with Gasteiger partial charge in [-0.2, -0.15) is 0 Å². The first-order valence-corrected chi connectivity index (χ1v) is 5.87. The summed E-state index contributed by atoms with van der Waals surface area (Å²) in [4.78, 5) is 12.9. The van der Waals surface area contributed by atoms with Crippen LogP contribution in [0.2, 0.25) is 0 Å². The van der Waals surface area contributed by atoms with Crippen LogP contribution in [0.5, 0.6) is 0 Å². The van der Waals surface area contributed by atoms with E-state index < -0.39 is 43.4 Å². The summed E-state index contributed by atoms with van der Waals surface area (Å²) in [6, 6.07) is -0.529. The molecular weight excluding hydrogens is 244 g/mol. The van der Waals surface area contributed by atoms with Gasteiger partial charge < -0.3 is 26.0 Å². The van der Waals surface area contributed by atoms with Crippen molar-refractivity contribution in [3.05, 3.63) is 0 Å². The lowest BCUT2D eigenvalue weighted by Crippen LogP contribution is -2.63. The second-order valence-corrected chi connectivity index (χ2v) is 4.79. The summed E-state index contributed by atoms with van der Waals surface area (Å²) in [6.45, 7) is 1.56. The summed E-state index contributed by atoms with van der Waals surface area (Å²) >= 11 is 0. The molecule has 6 atom stereocenters. The molecule has 2 rings (SSSR count). The Kier molecular flexibility index (Phi) is 3.71. The fourth-order valence-corrected chi connectivity index (χ4v) is 2.20. The number of nitrogens with two attached hydrogens (primary N) is 1. The summed E-state index contributed by atoms with van der Waals surface area (Å²) < 4.78 is 19.0. The Labute approximate surface area is 104 Å².